The van der Waals surface area contributed by atoms with Crippen LogP contribution >= 0.6 is 0 Å². The second-order valence-electron chi connectivity index (χ2n) is 1.59. The van der Waals surface area contributed by atoms with Crippen molar-refractivity contribution >= 4 is 11.2 Å². The fourth-order valence-corrected chi connectivity index (χ4v) is 0.644. The summed E-state index contributed by atoms with van der Waals surface area (Å²) in [6, 6.07) is 0. The maximum absolute atomic E-state index is 3.88. The van der Waals surface area contributed by atoms with Gasteiger partial charge in [-0.05, 0) is 0 Å². The third-order valence-electron chi connectivity index (χ3n) is 1.03. The van der Waals surface area contributed by atoms with Crippen molar-refractivity contribution in [1.29, 1.82) is 0 Å². The molecule has 2 heterocycles. The second kappa shape index (κ2) is 1.51. The van der Waals surface area contributed by atoms with Crippen LogP contribution < -0.4 is 0 Å². The zero-order valence-corrected chi connectivity index (χ0v) is 4.50. The van der Waals surface area contributed by atoms with E-state index >= 15 is 0 Å². The number of aromatic amines is 1. The summed E-state index contributed by atoms with van der Waals surface area (Å²) in [5.41, 5.74) is 1.41. The molecular formula is C5H4N4+. The Balaban J connectivity index is 0.000000500. The zero-order valence-electron chi connectivity index (χ0n) is 5.50. The predicted octanol–water partition coefficient (Wildman–Crippen LogP) is 0.266. The van der Waals surface area contributed by atoms with Gasteiger partial charge in [0.1, 0.15) is 18.0 Å². The largest absolute Gasteiger partial charge is 1.00 e. The molecule has 0 saturated heterocycles. The molecule has 0 spiro atoms. The molecule has 0 bridgehead atoms. The number of hydrogen-bond acceptors (Lipinski definition) is 3. The van der Waals surface area contributed by atoms with Gasteiger partial charge in [0, 0.05) is 0 Å². The molecular weight excluding hydrogens is 116 g/mol. The molecule has 2 rings (SSSR count). The predicted molar refractivity (Wildman–Crippen MR) is 31.6 cm³/mol. The molecule has 0 amide bonds. The Morgan fingerprint density at radius 3 is 3.44 bits per heavy atom. The quantitative estimate of drug-likeness (QED) is 0.542. The Bertz CT molecular complexity index is 288. The Morgan fingerprint density at radius 1 is 1.56 bits per heavy atom. The lowest BCUT2D eigenvalue weighted by Gasteiger charge is -1.79. The third kappa shape index (κ3) is 0.561. The lowest BCUT2D eigenvalue weighted by molar-refractivity contribution is 1.19. The van der Waals surface area contributed by atoms with Crippen molar-refractivity contribution in [2.24, 2.45) is 0 Å². The molecule has 0 saturated carbocycles. The molecule has 2 aromatic heterocycles. The van der Waals surface area contributed by atoms with Gasteiger partial charge < -0.3 is 4.98 Å². The molecule has 9 heavy (non-hydrogen) atoms. The monoisotopic (exact) mass is 120 g/mol. The smallest absolute Gasteiger partial charge is 0.341 e. The van der Waals surface area contributed by atoms with Gasteiger partial charge in [-0.3, -0.25) is 0 Å². The summed E-state index contributed by atoms with van der Waals surface area (Å²) >= 11 is 0. The number of aromatic nitrogens is 4. The molecule has 4 heteroatoms. The van der Waals surface area contributed by atoms with E-state index < -0.39 is 0 Å². The number of hydrogen-bond donors (Lipinski definition) is 1. The van der Waals surface area contributed by atoms with Crippen LogP contribution in [-0.4, -0.2) is 19.9 Å². The maximum Gasteiger partial charge on any atom is 1.00 e. The van der Waals surface area contributed by atoms with Crippen LogP contribution in [0.3, 0.4) is 0 Å². The molecule has 2 aromatic rings. The molecule has 0 aliphatic rings. The minimum absolute atomic E-state index is 0. The van der Waals surface area contributed by atoms with E-state index in [1.54, 1.807) is 6.33 Å². The number of fused-ring (bicyclic) bond motifs is 1. The van der Waals surface area contributed by atoms with Crippen molar-refractivity contribution in [3.05, 3.63) is 18.9 Å². The van der Waals surface area contributed by atoms with Gasteiger partial charge in [-0.15, -0.1) is 0 Å². The van der Waals surface area contributed by atoms with Crippen LogP contribution in [0.1, 0.15) is 1.43 Å². The molecule has 4 nitrogen and oxygen atoms in total. The van der Waals surface area contributed by atoms with Crippen LogP contribution in [-0.2, 0) is 0 Å². The van der Waals surface area contributed by atoms with Crippen LogP contribution in [0.25, 0.3) is 11.2 Å². The minimum atomic E-state index is 0. The van der Waals surface area contributed by atoms with Gasteiger partial charge in [-0.2, -0.15) is 0 Å². The van der Waals surface area contributed by atoms with E-state index in [-0.39, 0.29) is 1.43 Å². The maximum atomic E-state index is 3.88. The Hall–Kier alpha value is -1.45. The highest BCUT2D eigenvalue weighted by Crippen LogP contribution is 1.98. The number of imidazole rings is 1. The molecule has 0 unspecified atom stereocenters. The van der Waals surface area contributed by atoms with Gasteiger partial charge in [0.25, 0.3) is 0 Å². The molecule has 1 N–H and O–H groups in total. The highest BCUT2D eigenvalue weighted by atomic mass is 15.0. The van der Waals surface area contributed by atoms with E-state index in [1.807, 2.05) is 0 Å². The molecule has 43 valence electrons. The average Bonchev–Trinajstić information content (AvgIpc) is 2.33. The van der Waals surface area contributed by atoms with Gasteiger partial charge in [-0.1, -0.05) is 0 Å². The van der Waals surface area contributed by atoms with E-state index in [4.69, 9.17) is 0 Å². The average molecular weight is 120 g/mol. The first kappa shape index (κ1) is 4.43. The van der Waals surface area contributed by atoms with Gasteiger partial charge >= 0.3 is 1.43 Å². The SMILES string of the molecule is [H+].[c]1ncnc2nc[nH]c12. The molecule has 1 radical (unpaired) electrons. The van der Waals surface area contributed by atoms with Crippen LogP contribution in [0.2, 0.25) is 0 Å². The summed E-state index contributed by atoms with van der Waals surface area (Å²) in [6.45, 7) is 0. The van der Waals surface area contributed by atoms with Crippen molar-refractivity contribution < 1.29 is 1.43 Å². The fourth-order valence-electron chi connectivity index (χ4n) is 0.644. The van der Waals surface area contributed by atoms with Crippen molar-refractivity contribution in [3.63, 3.8) is 0 Å². The lowest BCUT2D eigenvalue weighted by Crippen LogP contribution is -1.77. The minimum Gasteiger partial charge on any atom is -0.341 e. The van der Waals surface area contributed by atoms with Crippen LogP contribution in [0.5, 0.6) is 0 Å². The van der Waals surface area contributed by atoms with Crippen LogP contribution in [0.15, 0.2) is 12.7 Å². The van der Waals surface area contributed by atoms with Crippen molar-refractivity contribution in [1.82, 2.24) is 19.9 Å². The third-order valence-corrected chi connectivity index (χ3v) is 1.03. The highest BCUT2D eigenvalue weighted by Gasteiger charge is 1.92. The van der Waals surface area contributed by atoms with Crippen LogP contribution in [0, 0.1) is 6.20 Å². The number of H-pyrrole nitrogens is 1. The number of nitrogens with zero attached hydrogens (tertiary/aromatic N) is 3. The van der Waals surface area contributed by atoms with Crippen molar-refractivity contribution in [3.8, 4) is 0 Å². The first-order valence-corrected chi connectivity index (χ1v) is 2.48. The summed E-state index contributed by atoms with van der Waals surface area (Å²) in [5, 5.41) is 0. The standard InChI is InChI=1S/C5H3N4/c1-4-5(8-2-6-1)9-3-7-4/h2-3H,(H,6,7,8,9)/p+1. The summed E-state index contributed by atoms with van der Waals surface area (Å²) in [6.07, 6.45) is 5.69. The first-order valence-electron chi connectivity index (χ1n) is 2.48. The summed E-state index contributed by atoms with van der Waals surface area (Å²) in [4.78, 5) is 14.2. The second-order valence-corrected chi connectivity index (χ2v) is 1.59. The van der Waals surface area contributed by atoms with Crippen molar-refractivity contribution in [2.75, 3.05) is 0 Å². The van der Waals surface area contributed by atoms with Gasteiger partial charge in [0.05, 0.1) is 6.33 Å². The topological polar surface area (TPSA) is 54.5 Å². The number of nitrogens with one attached hydrogen (secondary N) is 1. The van der Waals surface area contributed by atoms with E-state index in [0.29, 0.717) is 5.65 Å². The van der Waals surface area contributed by atoms with E-state index in [2.05, 4.69) is 26.1 Å². The number of rotatable bonds is 0. The molecule has 0 aliphatic carbocycles. The summed E-state index contributed by atoms with van der Waals surface area (Å²) < 4.78 is 0. The van der Waals surface area contributed by atoms with Crippen LogP contribution in [0.4, 0.5) is 0 Å². The normalized spacial score (nSPS) is 10.2. The Kier molecular flexibility index (Phi) is 0.745. The molecule has 0 aromatic carbocycles. The van der Waals surface area contributed by atoms with E-state index in [0.717, 1.165) is 5.52 Å². The Labute approximate surface area is 52.5 Å². The van der Waals surface area contributed by atoms with E-state index in [1.165, 1.54) is 6.33 Å². The van der Waals surface area contributed by atoms with Gasteiger partial charge in [0.2, 0.25) is 0 Å². The molecule has 0 aliphatic heterocycles. The van der Waals surface area contributed by atoms with Gasteiger partial charge in [-0.25, -0.2) is 15.0 Å². The summed E-state index contributed by atoms with van der Waals surface area (Å²) in [7, 11) is 0. The zero-order chi connectivity index (χ0) is 6.10. The molecule has 0 fully saturated rings. The van der Waals surface area contributed by atoms with Crippen molar-refractivity contribution in [2.45, 2.75) is 0 Å². The van der Waals surface area contributed by atoms with Gasteiger partial charge in [0.15, 0.2) is 5.65 Å². The lowest BCUT2D eigenvalue weighted by atomic mass is 10.6. The summed E-state index contributed by atoms with van der Waals surface area (Å²) in [5.74, 6) is 0. The van der Waals surface area contributed by atoms with E-state index in [9.17, 15) is 0 Å². The highest BCUT2D eigenvalue weighted by molar-refractivity contribution is 5.66. The fraction of sp³-hybridized carbons (Fsp3) is 0. The first-order chi connectivity index (χ1) is 4.47. The Morgan fingerprint density at radius 2 is 2.56 bits per heavy atom. The molecule has 0 atom stereocenters.